The second kappa shape index (κ2) is 6.46. The van der Waals surface area contributed by atoms with E-state index in [9.17, 15) is 0 Å². The van der Waals surface area contributed by atoms with Crippen LogP contribution in [0, 0.1) is 0 Å². The van der Waals surface area contributed by atoms with E-state index in [0.29, 0.717) is 0 Å². The van der Waals surface area contributed by atoms with E-state index in [2.05, 4.69) is 44.1 Å². The molecule has 0 amide bonds. The highest BCUT2D eigenvalue weighted by atomic mass is 32.1. The Bertz CT molecular complexity index is 541. The molecule has 0 aromatic carbocycles. The quantitative estimate of drug-likeness (QED) is 0.902. The Labute approximate surface area is 125 Å². The Balaban J connectivity index is 2.24. The van der Waals surface area contributed by atoms with Crippen LogP contribution in [0.15, 0.2) is 24.5 Å². The molecule has 0 fully saturated rings. The first-order valence-corrected chi connectivity index (χ1v) is 7.95. The third kappa shape index (κ3) is 4.12. The van der Waals surface area contributed by atoms with Crippen molar-refractivity contribution in [2.75, 3.05) is 0 Å². The van der Waals surface area contributed by atoms with Gasteiger partial charge in [-0.2, -0.15) is 0 Å². The Morgan fingerprint density at radius 1 is 1.30 bits per heavy atom. The molecule has 0 saturated carbocycles. The summed E-state index contributed by atoms with van der Waals surface area (Å²) in [5.41, 5.74) is 2.46. The maximum Gasteiger partial charge on any atom is 0.125 e. The number of nitrogens with one attached hydrogen (secondary N) is 1. The van der Waals surface area contributed by atoms with Gasteiger partial charge in [-0.1, -0.05) is 13.3 Å². The molecule has 4 heteroatoms. The summed E-state index contributed by atoms with van der Waals surface area (Å²) in [6, 6.07) is 4.03. The highest BCUT2D eigenvalue weighted by Gasteiger charge is 2.15. The number of thiazole rings is 1. The van der Waals surface area contributed by atoms with Gasteiger partial charge in [0.05, 0.1) is 5.69 Å². The summed E-state index contributed by atoms with van der Waals surface area (Å²) < 4.78 is 0. The summed E-state index contributed by atoms with van der Waals surface area (Å²) in [6.45, 7) is 9.65. The second-order valence-electron chi connectivity index (χ2n) is 5.98. The van der Waals surface area contributed by atoms with E-state index in [-0.39, 0.29) is 5.54 Å². The number of pyridine rings is 1. The Morgan fingerprint density at radius 2 is 2.10 bits per heavy atom. The zero-order valence-corrected chi connectivity index (χ0v) is 13.5. The van der Waals surface area contributed by atoms with Crippen molar-refractivity contribution in [1.29, 1.82) is 0 Å². The van der Waals surface area contributed by atoms with Crippen LogP contribution < -0.4 is 5.32 Å². The molecule has 0 aliphatic carbocycles. The van der Waals surface area contributed by atoms with E-state index in [0.717, 1.165) is 30.0 Å². The molecule has 2 aromatic rings. The first kappa shape index (κ1) is 15.1. The van der Waals surface area contributed by atoms with Gasteiger partial charge in [0.15, 0.2) is 0 Å². The maximum atomic E-state index is 4.81. The largest absolute Gasteiger partial charge is 0.307 e. The van der Waals surface area contributed by atoms with E-state index >= 15 is 0 Å². The molecule has 0 spiro atoms. The molecule has 108 valence electrons. The monoisotopic (exact) mass is 289 g/mol. The highest BCUT2D eigenvalue weighted by Crippen LogP contribution is 2.28. The minimum Gasteiger partial charge on any atom is -0.307 e. The summed E-state index contributed by atoms with van der Waals surface area (Å²) in [5.74, 6) is 0. The fraction of sp³-hybridized carbons (Fsp3) is 0.500. The molecule has 0 radical (unpaired) electrons. The van der Waals surface area contributed by atoms with Crippen LogP contribution in [-0.4, -0.2) is 15.5 Å². The molecule has 0 bridgehead atoms. The van der Waals surface area contributed by atoms with Gasteiger partial charge in [-0.15, -0.1) is 11.3 Å². The molecule has 20 heavy (non-hydrogen) atoms. The van der Waals surface area contributed by atoms with Crippen LogP contribution in [0.25, 0.3) is 10.6 Å². The lowest BCUT2D eigenvalue weighted by molar-refractivity contribution is 0.425. The maximum absolute atomic E-state index is 4.81. The van der Waals surface area contributed by atoms with Crippen LogP contribution in [0.2, 0.25) is 0 Å². The molecule has 3 nitrogen and oxygen atoms in total. The zero-order valence-electron chi connectivity index (χ0n) is 12.7. The third-order valence-electron chi connectivity index (χ3n) is 2.95. The van der Waals surface area contributed by atoms with Gasteiger partial charge in [-0.05, 0) is 39.3 Å². The van der Waals surface area contributed by atoms with E-state index in [4.69, 9.17) is 4.98 Å². The molecule has 0 aliphatic rings. The lowest BCUT2D eigenvalue weighted by Crippen LogP contribution is -2.35. The van der Waals surface area contributed by atoms with Crippen LogP contribution in [0.1, 0.15) is 44.7 Å². The lowest BCUT2D eigenvalue weighted by Gasteiger charge is -2.20. The van der Waals surface area contributed by atoms with Gasteiger partial charge in [0.25, 0.3) is 0 Å². The molecule has 0 unspecified atom stereocenters. The van der Waals surface area contributed by atoms with Gasteiger partial charge in [-0.3, -0.25) is 4.98 Å². The van der Waals surface area contributed by atoms with Gasteiger partial charge in [0, 0.05) is 34.9 Å². The Kier molecular flexibility index (Phi) is 4.89. The molecule has 1 N–H and O–H groups in total. The standard InChI is InChI=1S/C16H23N3S/c1-5-7-13-14(11-18-16(2,3)4)20-15(19-13)12-8-6-9-17-10-12/h6,8-10,18H,5,7,11H2,1-4H3. The number of hydrogen-bond donors (Lipinski definition) is 1. The third-order valence-corrected chi connectivity index (χ3v) is 4.10. The topological polar surface area (TPSA) is 37.8 Å². The zero-order chi connectivity index (χ0) is 14.6. The molecule has 2 aromatic heterocycles. The van der Waals surface area contributed by atoms with Crippen molar-refractivity contribution in [2.24, 2.45) is 0 Å². The van der Waals surface area contributed by atoms with E-state index < -0.39 is 0 Å². The van der Waals surface area contributed by atoms with Crippen LogP contribution >= 0.6 is 11.3 Å². The van der Waals surface area contributed by atoms with Crippen molar-refractivity contribution in [3.8, 4) is 10.6 Å². The molecular formula is C16H23N3S. The van der Waals surface area contributed by atoms with E-state index in [1.807, 2.05) is 12.3 Å². The summed E-state index contributed by atoms with van der Waals surface area (Å²) >= 11 is 1.78. The van der Waals surface area contributed by atoms with Crippen molar-refractivity contribution < 1.29 is 0 Å². The van der Waals surface area contributed by atoms with Gasteiger partial charge in [-0.25, -0.2) is 4.98 Å². The van der Waals surface area contributed by atoms with Crippen molar-refractivity contribution in [3.63, 3.8) is 0 Å². The van der Waals surface area contributed by atoms with Crippen molar-refractivity contribution >= 4 is 11.3 Å². The molecule has 0 aliphatic heterocycles. The Morgan fingerprint density at radius 3 is 2.70 bits per heavy atom. The van der Waals surface area contributed by atoms with Crippen LogP contribution in [-0.2, 0) is 13.0 Å². The summed E-state index contributed by atoms with van der Waals surface area (Å²) in [5, 5.41) is 4.63. The van der Waals surface area contributed by atoms with E-state index in [1.54, 1.807) is 17.5 Å². The molecule has 0 atom stereocenters. The fourth-order valence-electron chi connectivity index (χ4n) is 1.91. The second-order valence-corrected chi connectivity index (χ2v) is 7.07. The predicted molar refractivity (Wildman–Crippen MR) is 85.9 cm³/mol. The van der Waals surface area contributed by atoms with Crippen LogP contribution in [0.3, 0.4) is 0 Å². The average Bonchev–Trinajstić information content (AvgIpc) is 2.80. The number of nitrogens with zero attached hydrogens (tertiary/aromatic N) is 2. The predicted octanol–water partition coefficient (Wildman–Crippen LogP) is 4.05. The SMILES string of the molecule is CCCc1nc(-c2cccnc2)sc1CNC(C)(C)C. The summed E-state index contributed by atoms with van der Waals surface area (Å²) in [7, 11) is 0. The van der Waals surface area contributed by atoms with Crippen molar-refractivity contribution in [1.82, 2.24) is 15.3 Å². The molecule has 0 saturated heterocycles. The number of aryl methyl sites for hydroxylation is 1. The minimum atomic E-state index is 0.127. The van der Waals surface area contributed by atoms with Crippen molar-refractivity contribution in [2.45, 2.75) is 52.6 Å². The fourth-order valence-corrected chi connectivity index (χ4v) is 2.95. The number of hydrogen-bond acceptors (Lipinski definition) is 4. The minimum absolute atomic E-state index is 0.127. The van der Waals surface area contributed by atoms with Gasteiger partial charge in [0.1, 0.15) is 5.01 Å². The first-order valence-electron chi connectivity index (χ1n) is 7.13. The highest BCUT2D eigenvalue weighted by molar-refractivity contribution is 7.15. The summed E-state index contributed by atoms with van der Waals surface area (Å²) in [4.78, 5) is 10.3. The van der Waals surface area contributed by atoms with Gasteiger partial charge >= 0.3 is 0 Å². The van der Waals surface area contributed by atoms with Crippen molar-refractivity contribution in [3.05, 3.63) is 35.1 Å². The average molecular weight is 289 g/mol. The molecule has 2 heterocycles. The number of aromatic nitrogens is 2. The Hall–Kier alpha value is -1.26. The van der Waals surface area contributed by atoms with Crippen LogP contribution in [0.4, 0.5) is 0 Å². The summed E-state index contributed by atoms with van der Waals surface area (Å²) in [6.07, 6.45) is 5.85. The van der Waals surface area contributed by atoms with E-state index in [1.165, 1.54) is 10.6 Å². The number of rotatable bonds is 5. The molecule has 2 rings (SSSR count). The molecular weight excluding hydrogens is 266 g/mol. The normalized spacial score (nSPS) is 11.8. The lowest BCUT2D eigenvalue weighted by atomic mass is 10.1. The van der Waals surface area contributed by atoms with Gasteiger partial charge < -0.3 is 5.32 Å². The first-order chi connectivity index (χ1) is 9.49. The van der Waals surface area contributed by atoms with Gasteiger partial charge in [0.2, 0.25) is 0 Å². The van der Waals surface area contributed by atoms with Crippen LogP contribution in [0.5, 0.6) is 0 Å². The smallest absolute Gasteiger partial charge is 0.125 e.